The van der Waals surface area contributed by atoms with Gasteiger partial charge in [0, 0.05) is 43.1 Å². The van der Waals surface area contributed by atoms with E-state index in [9.17, 15) is 9.18 Å². The molecule has 3 aromatic rings. The van der Waals surface area contributed by atoms with E-state index in [1.807, 2.05) is 18.2 Å². The minimum absolute atomic E-state index is 0.0241. The Bertz CT molecular complexity index is 964. The van der Waals surface area contributed by atoms with Gasteiger partial charge in [-0.15, -0.1) is 10.2 Å². The topological polar surface area (TPSA) is 93.2 Å². The number of nitrogens with two attached hydrogens (primary N) is 1. The molecule has 0 atom stereocenters. The molecule has 9 heteroatoms. The van der Waals surface area contributed by atoms with Gasteiger partial charge in [0.25, 0.3) is 0 Å². The maximum atomic E-state index is 13.1. The van der Waals surface area contributed by atoms with Crippen molar-refractivity contribution in [2.45, 2.75) is 6.54 Å². The monoisotopic (exact) mass is 381 g/mol. The van der Waals surface area contributed by atoms with Crippen molar-refractivity contribution in [2.24, 2.45) is 0 Å². The summed E-state index contributed by atoms with van der Waals surface area (Å²) >= 11 is 0. The number of carbonyl (C=O) groups is 1. The van der Waals surface area contributed by atoms with Crippen molar-refractivity contribution in [3.8, 4) is 11.4 Å². The molecule has 8 nitrogen and oxygen atoms in total. The lowest BCUT2D eigenvalue weighted by Crippen LogP contribution is -2.49. The average molecular weight is 381 g/mol. The van der Waals surface area contributed by atoms with Crippen LogP contribution in [0.3, 0.4) is 0 Å². The number of hydrogen-bond donors (Lipinski definition) is 1. The third kappa shape index (κ3) is 3.78. The lowest BCUT2D eigenvalue weighted by atomic mass is 10.2. The molecule has 2 heterocycles. The molecule has 0 unspecified atom stereocenters. The van der Waals surface area contributed by atoms with Crippen LogP contribution in [0.4, 0.5) is 15.8 Å². The Kier molecular flexibility index (Phi) is 4.88. The molecule has 2 aromatic carbocycles. The Hall–Kier alpha value is -3.49. The van der Waals surface area contributed by atoms with Crippen molar-refractivity contribution < 1.29 is 9.18 Å². The first-order valence-corrected chi connectivity index (χ1v) is 9.01. The van der Waals surface area contributed by atoms with Gasteiger partial charge in [-0.1, -0.05) is 12.1 Å². The number of halogens is 1. The van der Waals surface area contributed by atoms with Crippen LogP contribution in [0.1, 0.15) is 0 Å². The number of nitrogens with zero attached hydrogens (tertiary/aromatic N) is 6. The number of hydrogen-bond acceptors (Lipinski definition) is 6. The van der Waals surface area contributed by atoms with Gasteiger partial charge in [-0.2, -0.15) is 4.80 Å². The number of piperazine rings is 1. The fraction of sp³-hybridized carbons (Fsp3) is 0.263. The molecule has 0 radical (unpaired) electrons. The smallest absolute Gasteiger partial charge is 0.246 e. The number of benzene rings is 2. The van der Waals surface area contributed by atoms with Crippen molar-refractivity contribution >= 4 is 17.3 Å². The van der Waals surface area contributed by atoms with Gasteiger partial charge in [0.1, 0.15) is 12.4 Å². The molecule has 1 fully saturated rings. The molecule has 1 aliphatic heterocycles. The number of amides is 1. The molecule has 0 spiro atoms. The summed E-state index contributed by atoms with van der Waals surface area (Å²) in [7, 11) is 0. The number of para-hydroxylation sites is 1. The molecular formula is C19H20FN7O. The largest absolute Gasteiger partial charge is 0.398 e. The van der Waals surface area contributed by atoms with Gasteiger partial charge in [-0.25, -0.2) is 4.39 Å². The maximum absolute atomic E-state index is 13.1. The van der Waals surface area contributed by atoms with E-state index < -0.39 is 0 Å². The highest BCUT2D eigenvalue weighted by Gasteiger charge is 2.22. The number of nitrogen functional groups attached to an aromatic ring is 1. The average Bonchev–Trinajstić information content (AvgIpc) is 3.17. The van der Waals surface area contributed by atoms with Crippen LogP contribution >= 0.6 is 0 Å². The van der Waals surface area contributed by atoms with Crippen LogP contribution in [-0.4, -0.2) is 57.2 Å². The molecule has 0 saturated carbocycles. The number of rotatable bonds is 4. The Labute approximate surface area is 161 Å². The van der Waals surface area contributed by atoms with Crippen molar-refractivity contribution in [3.63, 3.8) is 0 Å². The fourth-order valence-corrected chi connectivity index (χ4v) is 3.21. The first-order chi connectivity index (χ1) is 13.6. The van der Waals surface area contributed by atoms with Crippen LogP contribution in [0.15, 0.2) is 48.5 Å². The number of tetrazole rings is 1. The van der Waals surface area contributed by atoms with Crippen LogP contribution in [0.25, 0.3) is 11.4 Å². The van der Waals surface area contributed by atoms with Crippen molar-refractivity contribution in [1.29, 1.82) is 0 Å². The predicted molar refractivity (Wildman–Crippen MR) is 103 cm³/mol. The summed E-state index contributed by atoms with van der Waals surface area (Å²) in [5.41, 5.74) is 8.14. The van der Waals surface area contributed by atoms with E-state index in [0.29, 0.717) is 43.3 Å². The molecule has 2 N–H and O–H groups in total. The minimum atomic E-state index is -0.255. The molecule has 1 amide bonds. The van der Waals surface area contributed by atoms with E-state index in [4.69, 9.17) is 5.73 Å². The maximum Gasteiger partial charge on any atom is 0.246 e. The van der Waals surface area contributed by atoms with Gasteiger partial charge in [0.15, 0.2) is 0 Å². The van der Waals surface area contributed by atoms with E-state index >= 15 is 0 Å². The summed E-state index contributed by atoms with van der Waals surface area (Å²) in [6.45, 7) is 2.57. The zero-order valence-corrected chi connectivity index (χ0v) is 15.2. The molecule has 1 saturated heterocycles. The molecule has 1 aliphatic rings. The van der Waals surface area contributed by atoms with Crippen molar-refractivity contribution in [2.75, 3.05) is 36.8 Å². The van der Waals surface area contributed by atoms with Crippen molar-refractivity contribution in [3.05, 3.63) is 54.3 Å². The highest BCUT2D eigenvalue weighted by atomic mass is 19.1. The van der Waals surface area contributed by atoms with Crippen LogP contribution in [-0.2, 0) is 11.3 Å². The summed E-state index contributed by atoms with van der Waals surface area (Å²) < 4.78 is 13.1. The van der Waals surface area contributed by atoms with Crippen LogP contribution < -0.4 is 10.6 Å². The van der Waals surface area contributed by atoms with E-state index in [-0.39, 0.29) is 18.3 Å². The highest BCUT2D eigenvalue weighted by molar-refractivity contribution is 5.76. The van der Waals surface area contributed by atoms with E-state index in [0.717, 1.165) is 5.69 Å². The van der Waals surface area contributed by atoms with Gasteiger partial charge >= 0.3 is 0 Å². The summed E-state index contributed by atoms with van der Waals surface area (Å²) in [5.74, 6) is 0.0743. The van der Waals surface area contributed by atoms with Crippen LogP contribution in [0, 0.1) is 5.82 Å². The number of aromatic nitrogens is 4. The zero-order chi connectivity index (χ0) is 19.5. The highest BCUT2D eigenvalue weighted by Crippen LogP contribution is 2.21. The van der Waals surface area contributed by atoms with Crippen molar-refractivity contribution in [1.82, 2.24) is 25.1 Å². The molecule has 28 heavy (non-hydrogen) atoms. The first-order valence-electron chi connectivity index (χ1n) is 9.01. The summed E-state index contributed by atoms with van der Waals surface area (Å²) in [5, 5.41) is 12.2. The van der Waals surface area contributed by atoms with Gasteiger partial charge in [-0.3, -0.25) is 4.79 Å². The Morgan fingerprint density at radius 1 is 1.04 bits per heavy atom. The summed E-state index contributed by atoms with van der Waals surface area (Å²) in [6.07, 6.45) is 0. The molecule has 1 aromatic heterocycles. The molecule has 0 aliphatic carbocycles. The molecule has 4 rings (SSSR count). The predicted octanol–water partition coefficient (Wildman–Crippen LogP) is 1.41. The summed E-state index contributed by atoms with van der Waals surface area (Å²) in [6, 6.07) is 13.7. The van der Waals surface area contributed by atoms with Crippen LogP contribution in [0.5, 0.6) is 0 Å². The third-order valence-corrected chi connectivity index (χ3v) is 4.76. The van der Waals surface area contributed by atoms with Gasteiger partial charge < -0.3 is 15.5 Å². The lowest BCUT2D eigenvalue weighted by molar-refractivity contribution is -0.132. The Morgan fingerprint density at radius 2 is 1.75 bits per heavy atom. The van der Waals surface area contributed by atoms with Crippen LogP contribution in [0.2, 0.25) is 0 Å². The van der Waals surface area contributed by atoms with E-state index in [1.54, 1.807) is 23.1 Å². The lowest BCUT2D eigenvalue weighted by Gasteiger charge is -2.36. The summed E-state index contributed by atoms with van der Waals surface area (Å²) in [4.78, 5) is 17.8. The van der Waals surface area contributed by atoms with E-state index in [2.05, 4.69) is 20.3 Å². The van der Waals surface area contributed by atoms with E-state index in [1.165, 1.54) is 16.9 Å². The Morgan fingerprint density at radius 3 is 2.46 bits per heavy atom. The molecule has 144 valence electrons. The number of anilines is 2. The fourth-order valence-electron chi connectivity index (χ4n) is 3.21. The molecular weight excluding hydrogens is 361 g/mol. The standard InChI is InChI=1S/C19H20FN7O/c20-14-5-7-15(8-6-14)25-9-11-26(12-10-25)18(28)13-27-23-19(22-24-27)16-3-1-2-4-17(16)21/h1-8H,9-13,21H2. The second-order valence-electron chi connectivity index (χ2n) is 6.57. The van der Waals surface area contributed by atoms with Gasteiger partial charge in [0.2, 0.25) is 11.7 Å². The Balaban J connectivity index is 1.35. The third-order valence-electron chi connectivity index (χ3n) is 4.76. The van der Waals surface area contributed by atoms with Gasteiger partial charge in [-0.05, 0) is 41.6 Å². The van der Waals surface area contributed by atoms with Gasteiger partial charge in [0.05, 0.1) is 0 Å². The second-order valence-corrected chi connectivity index (χ2v) is 6.57. The first kappa shape index (κ1) is 17.9. The quantitative estimate of drug-likeness (QED) is 0.687. The normalized spacial score (nSPS) is 14.3. The minimum Gasteiger partial charge on any atom is -0.398 e. The zero-order valence-electron chi connectivity index (χ0n) is 15.2. The molecule has 0 bridgehead atoms. The number of carbonyl (C=O) groups excluding carboxylic acids is 1. The SMILES string of the molecule is Nc1ccccc1-c1nnn(CC(=O)N2CCN(c3ccc(F)cc3)CC2)n1. The second kappa shape index (κ2) is 7.63.